The molecule has 2 aromatic rings. The molecular weight excluding hydrogens is 524 g/mol. The van der Waals surface area contributed by atoms with Crippen LogP contribution in [0, 0.1) is 6.92 Å². The summed E-state index contributed by atoms with van der Waals surface area (Å²) in [5.41, 5.74) is -8.33. The van der Waals surface area contributed by atoms with E-state index in [9.17, 15) is 39.6 Å². The lowest BCUT2D eigenvalue weighted by molar-refractivity contribution is -0.329. The van der Waals surface area contributed by atoms with Crippen LogP contribution in [-0.4, -0.2) is 72.6 Å². The number of carbonyl (C=O) groups excluding carboxylic acids is 4. The Labute approximate surface area is 222 Å². The van der Waals surface area contributed by atoms with Crippen molar-refractivity contribution >= 4 is 46.1 Å². The number of carbonyl (C=O) groups is 4. The molecule has 6 atom stereocenters. The van der Waals surface area contributed by atoms with Gasteiger partial charge < -0.3 is 25.2 Å². The maximum atomic E-state index is 13.0. The Kier molecular flexibility index (Phi) is 7.99. The van der Waals surface area contributed by atoms with E-state index in [1.54, 1.807) is 18.2 Å². The van der Waals surface area contributed by atoms with Crippen LogP contribution in [0.5, 0.6) is 0 Å². The third kappa shape index (κ3) is 4.40. The van der Waals surface area contributed by atoms with Gasteiger partial charge in [0.25, 0.3) is 0 Å². The molecule has 2 heterocycles. The monoisotopic (exact) mass is 552 g/mol. The van der Waals surface area contributed by atoms with Crippen LogP contribution in [0.1, 0.15) is 55.4 Å². The molecule has 1 aromatic carbocycles. The molecule has 1 aromatic heterocycles. The zero-order chi connectivity index (χ0) is 28.1. The molecule has 1 aliphatic rings. The van der Waals surface area contributed by atoms with Gasteiger partial charge in [-0.2, -0.15) is 0 Å². The van der Waals surface area contributed by atoms with Crippen molar-refractivity contribution in [3.63, 3.8) is 0 Å². The topological polar surface area (TPSA) is 158 Å². The molecule has 37 heavy (non-hydrogen) atoms. The fourth-order valence-electron chi connectivity index (χ4n) is 4.98. The van der Waals surface area contributed by atoms with Gasteiger partial charge in [-0.3, -0.25) is 19.2 Å². The van der Waals surface area contributed by atoms with E-state index in [1.807, 2.05) is 13.0 Å². The number of hydrogen-bond donors (Lipinski definition) is 4. The van der Waals surface area contributed by atoms with Crippen molar-refractivity contribution in [2.75, 3.05) is 0 Å². The lowest BCUT2D eigenvalue weighted by Gasteiger charge is -2.58. The largest absolute Gasteiger partial charge is 0.382 e. The van der Waals surface area contributed by atoms with Crippen LogP contribution < -0.4 is 0 Å². The molecule has 9 nitrogen and oxygen atoms in total. The smallest absolute Gasteiger partial charge is 0.200 e. The molecule has 0 bridgehead atoms. The first-order valence-electron chi connectivity index (χ1n) is 11.4. The molecule has 0 amide bonds. The van der Waals surface area contributed by atoms with E-state index in [2.05, 4.69) is 0 Å². The van der Waals surface area contributed by atoms with Gasteiger partial charge in [0, 0.05) is 11.3 Å². The minimum atomic E-state index is -3.48. The van der Waals surface area contributed by atoms with Crippen molar-refractivity contribution in [1.82, 2.24) is 0 Å². The molecule has 1 unspecified atom stereocenters. The zero-order valence-corrected chi connectivity index (χ0v) is 22.5. The molecule has 0 spiro atoms. The summed E-state index contributed by atoms with van der Waals surface area (Å²) in [6, 6.07) is 8.30. The zero-order valence-electron chi connectivity index (χ0n) is 20.9. The van der Waals surface area contributed by atoms with Crippen LogP contribution in [0.3, 0.4) is 0 Å². The van der Waals surface area contributed by atoms with E-state index in [-0.39, 0.29) is 5.56 Å². The number of ether oxygens (including phenoxy) is 1. The number of aliphatic hydroxyl groups excluding tert-OH is 1. The van der Waals surface area contributed by atoms with Crippen molar-refractivity contribution in [2.45, 2.75) is 76.2 Å². The minimum absolute atomic E-state index is 0.104. The molecule has 0 radical (unpaired) electrons. The van der Waals surface area contributed by atoms with Crippen LogP contribution in [-0.2, 0) is 30.3 Å². The van der Waals surface area contributed by atoms with Crippen molar-refractivity contribution in [3.8, 4) is 0 Å². The summed E-state index contributed by atoms with van der Waals surface area (Å²) in [7, 11) is 0. The van der Waals surface area contributed by atoms with Crippen LogP contribution in [0.25, 0.3) is 0 Å². The lowest BCUT2D eigenvalue weighted by Crippen LogP contribution is -2.85. The standard InChI is InChI=1S/C26H29ClO9S/c1-12-6-7-17(10-18(12)11-19-8-9-20(27)37-19)22-24(33,14(3)29)26(35,16(5)31)25(34,15(4)30)23(36-22)21(32)13(2)28/h6-10,21-23,32-35H,11H2,1-5H3/t21?,22-,23+,24-,25+,26+/m0/s1. The molecule has 1 aliphatic heterocycles. The number of Topliss-reactive ketones (excluding diaryl/α,β-unsaturated/α-hetero) is 4. The first-order valence-corrected chi connectivity index (χ1v) is 12.6. The van der Waals surface area contributed by atoms with Gasteiger partial charge in [0.15, 0.2) is 39.9 Å². The predicted octanol–water partition coefficient (Wildman–Crippen LogP) is 1.65. The van der Waals surface area contributed by atoms with Gasteiger partial charge in [0.1, 0.15) is 18.3 Å². The van der Waals surface area contributed by atoms with Gasteiger partial charge in [-0.15, -0.1) is 11.3 Å². The second-order valence-corrected chi connectivity index (χ2v) is 11.3. The maximum absolute atomic E-state index is 13.0. The maximum Gasteiger partial charge on any atom is 0.200 e. The van der Waals surface area contributed by atoms with Gasteiger partial charge >= 0.3 is 0 Å². The van der Waals surface area contributed by atoms with E-state index < -0.39 is 58.2 Å². The van der Waals surface area contributed by atoms with Gasteiger partial charge in [-0.25, -0.2) is 0 Å². The van der Waals surface area contributed by atoms with Crippen molar-refractivity contribution in [3.05, 3.63) is 56.2 Å². The number of rotatable bonds is 8. The van der Waals surface area contributed by atoms with Crippen molar-refractivity contribution in [1.29, 1.82) is 0 Å². The SMILES string of the molecule is CC(=O)C(O)[C@H]1O[C@@H](c2ccc(C)c(Cc3ccc(Cl)s3)c2)[C@@](O)(C(C)=O)[C@](O)(C(C)=O)[C@@]1(O)C(C)=O. The second-order valence-electron chi connectivity index (χ2n) is 9.47. The molecule has 0 saturated carbocycles. The average molecular weight is 553 g/mol. The summed E-state index contributed by atoms with van der Waals surface area (Å²) < 4.78 is 6.39. The second kappa shape index (κ2) is 10.1. The van der Waals surface area contributed by atoms with Crippen LogP contribution in [0.2, 0.25) is 4.34 Å². The highest BCUT2D eigenvalue weighted by Gasteiger charge is 2.79. The molecular formula is C26H29ClO9S. The Morgan fingerprint density at radius 3 is 2.03 bits per heavy atom. The number of benzene rings is 1. The Hall–Kier alpha value is -2.31. The predicted molar refractivity (Wildman–Crippen MR) is 135 cm³/mol. The van der Waals surface area contributed by atoms with Gasteiger partial charge in [0.2, 0.25) is 0 Å². The fraction of sp³-hybridized carbons (Fsp3) is 0.462. The van der Waals surface area contributed by atoms with Gasteiger partial charge in [0.05, 0.1) is 4.34 Å². The molecule has 200 valence electrons. The number of hydrogen-bond acceptors (Lipinski definition) is 10. The average Bonchev–Trinajstić information content (AvgIpc) is 3.22. The van der Waals surface area contributed by atoms with Gasteiger partial charge in [-0.1, -0.05) is 29.8 Å². The van der Waals surface area contributed by atoms with Crippen LogP contribution in [0.15, 0.2) is 30.3 Å². The summed E-state index contributed by atoms with van der Waals surface area (Å²) in [6.07, 6.45) is -5.82. The normalized spacial score (nSPS) is 30.5. The van der Waals surface area contributed by atoms with Crippen molar-refractivity contribution in [2.24, 2.45) is 0 Å². The summed E-state index contributed by atoms with van der Waals surface area (Å²) in [5, 5.41) is 45.6. The molecule has 0 aliphatic carbocycles. The molecule has 1 saturated heterocycles. The fourth-order valence-corrected chi connectivity index (χ4v) is 6.09. The summed E-state index contributed by atoms with van der Waals surface area (Å²) in [6.45, 7) is 5.22. The number of aryl methyl sites for hydroxylation is 1. The highest BCUT2D eigenvalue weighted by molar-refractivity contribution is 7.16. The first kappa shape index (κ1) is 29.2. The highest BCUT2D eigenvalue weighted by atomic mass is 35.5. The lowest BCUT2D eigenvalue weighted by atomic mass is 9.57. The van der Waals surface area contributed by atoms with E-state index in [4.69, 9.17) is 16.3 Å². The van der Waals surface area contributed by atoms with Crippen molar-refractivity contribution < 1.29 is 44.3 Å². The Bertz CT molecular complexity index is 1270. The van der Waals surface area contributed by atoms with Crippen LogP contribution in [0.4, 0.5) is 0 Å². The highest BCUT2D eigenvalue weighted by Crippen LogP contribution is 2.53. The molecule has 11 heteroatoms. The van der Waals surface area contributed by atoms with E-state index in [1.165, 1.54) is 17.4 Å². The third-order valence-electron chi connectivity index (χ3n) is 7.13. The number of thiophene rings is 1. The Balaban J connectivity index is 2.30. The summed E-state index contributed by atoms with van der Waals surface area (Å²) >= 11 is 7.40. The summed E-state index contributed by atoms with van der Waals surface area (Å²) in [4.78, 5) is 51.7. The Morgan fingerprint density at radius 2 is 1.57 bits per heavy atom. The number of ketones is 4. The Morgan fingerprint density at radius 1 is 0.973 bits per heavy atom. The third-order valence-corrected chi connectivity index (χ3v) is 8.36. The molecule has 3 rings (SSSR count). The molecule has 1 fully saturated rings. The minimum Gasteiger partial charge on any atom is -0.382 e. The number of aliphatic hydroxyl groups is 4. The number of halogens is 1. The summed E-state index contributed by atoms with van der Waals surface area (Å²) in [5.74, 6) is -4.76. The van der Waals surface area contributed by atoms with Gasteiger partial charge in [-0.05, 0) is 63.4 Å². The molecule has 4 N–H and O–H groups in total. The van der Waals surface area contributed by atoms with E-state index in [0.29, 0.717) is 10.8 Å². The van der Waals surface area contributed by atoms with E-state index >= 15 is 0 Å². The quantitative estimate of drug-likeness (QED) is 0.382. The van der Waals surface area contributed by atoms with E-state index in [0.717, 1.165) is 43.7 Å². The van der Waals surface area contributed by atoms with Crippen LogP contribution >= 0.6 is 22.9 Å². The first-order chi connectivity index (χ1) is 17.0.